The molecule has 3 aromatic carbocycles. The van der Waals surface area contributed by atoms with Crippen molar-refractivity contribution in [2.24, 2.45) is 0 Å². The zero-order valence-electron chi connectivity index (χ0n) is 15.0. The minimum atomic E-state index is -0.392. The van der Waals surface area contributed by atoms with Crippen molar-refractivity contribution in [2.45, 2.75) is 6.92 Å². The monoisotopic (exact) mass is 441 g/mol. The zero-order chi connectivity index (χ0) is 20.1. The average Bonchev–Trinajstić information content (AvgIpc) is 2.69. The number of ether oxygens (including phenoxy) is 1. The molecule has 0 unspecified atom stereocenters. The van der Waals surface area contributed by atoms with Gasteiger partial charge < -0.3 is 10.1 Å². The molecule has 0 aliphatic rings. The molecule has 0 aromatic heterocycles. The summed E-state index contributed by atoms with van der Waals surface area (Å²) in [6.07, 6.45) is 0. The van der Waals surface area contributed by atoms with Gasteiger partial charge in [-0.05, 0) is 89.1 Å². The Morgan fingerprint density at radius 3 is 2.18 bits per heavy atom. The van der Waals surface area contributed by atoms with Crippen LogP contribution in [0, 0.1) is 12.7 Å². The van der Waals surface area contributed by atoms with E-state index in [2.05, 4.69) is 21.2 Å². The number of aryl methyl sites for hydroxylation is 1. The van der Waals surface area contributed by atoms with Crippen LogP contribution in [-0.4, -0.2) is 18.3 Å². The first kappa shape index (κ1) is 19.8. The van der Waals surface area contributed by atoms with E-state index in [1.54, 1.807) is 24.3 Å². The number of hydrogen-bond donors (Lipinski definition) is 1. The van der Waals surface area contributed by atoms with Crippen LogP contribution in [0.25, 0.3) is 0 Å². The van der Waals surface area contributed by atoms with Gasteiger partial charge >= 0.3 is 0 Å². The molecule has 0 aliphatic carbocycles. The van der Waals surface area contributed by atoms with Gasteiger partial charge in [0.1, 0.15) is 11.6 Å². The van der Waals surface area contributed by atoms with Crippen LogP contribution in [0.2, 0.25) is 0 Å². The normalized spacial score (nSPS) is 10.4. The molecule has 0 spiro atoms. The van der Waals surface area contributed by atoms with Gasteiger partial charge in [-0.15, -0.1) is 0 Å². The molecule has 1 amide bonds. The number of anilines is 1. The molecule has 0 radical (unpaired) electrons. The molecular weight excluding hydrogens is 425 g/mol. The van der Waals surface area contributed by atoms with E-state index < -0.39 is 5.82 Å². The maximum atomic E-state index is 13.0. The molecule has 0 bridgehead atoms. The number of carbonyl (C=O) groups excluding carboxylic acids is 2. The van der Waals surface area contributed by atoms with Crippen LogP contribution in [0.15, 0.2) is 71.2 Å². The summed E-state index contributed by atoms with van der Waals surface area (Å²) in [4.78, 5) is 24.4. The molecule has 0 saturated carbocycles. The van der Waals surface area contributed by atoms with Gasteiger partial charge in [-0.3, -0.25) is 9.59 Å². The number of ketones is 1. The van der Waals surface area contributed by atoms with Gasteiger partial charge in [-0.1, -0.05) is 6.07 Å². The molecule has 0 aliphatic heterocycles. The second-order valence-corrected chi connectivity index (χ2v) is 7.03. The third-order valence-corrected chi connectivity index (χ3v) is 4.65. The van der Waals surface area contributed by atoms with Crippen LogP contribution in [0.5, 0.6) is 5.75 Å². The van der Waals surface area contributed by atoms with Gasteiger partial charge in [0.15, 0.2) is 12.4 Å². The predicted molar refractivity (Wildman–Crippen MR) is 109 cm³/mol. The highest BCUT2D eigenvalue weighted by atomic mass is 79.9. The van der Waals surface area contributed by atoms with Crippen molar-refractivity contribution in [3.8, 4) is 5.75 Å². The summed E-state index contributed by atoms with van der Waals surface area (Å²) < 4.78 is 19.2. The summed E-state index contributed by atoms with van der Waals surface area (Å²) in [5.41, 5.74) is 2.60. The maximum absolute atomic E-state index is 13.0. The van der Waals surface area contributed by atoms with Crippen molar-refractivity contribution in [3.05, 3.63) is 93.7 Å². The lowest BCUT2D eigenvalue weighted by atomic mass is 10.0. The Hall–Kier alpha value is -2.99. The van der Waals surface area contributed by atoms with Crippen molar-refractivity contribution in [3.63, 3.8) is 0 Å². The van der Waals surface area contributed by atoms with Crippen molar-refractivity contribution < 1.29 is 18.7 Å². The first-order chi connectivity index (χ1) is 13.4. The Bertz CT molecular complexity index is 1000. The second kappa shape index (κ2) is 8.80. The Morgan fingerprint density at radius 1 is 0.964 bits per heavy atom. The minimum Gasteiger partial charge on any atom is -0.484 e. The molecule has 0 fully saturated rings. The van der Waals surface area contributed by atoms with Gasteiger partial charge in [0.05, 0.1) is 5.69 Å². The van der Waals surface area contributed by atoms with Crippen molar-refractivity contribution in [2.75, 3.05) is 11.9 Å². The second-order valence-electron chi connectivity index (χ2n) is 6.18. The average molecular weight is 442 g/mol. The Labute approximate surface area is 170 Å². The summed E-state index contributed by atoms with van der Waals surface area (Å²) in [7, 11) is 0. The summed E-state index contributed by atoms with van der Waals surface area (Å²) in [6.45, 7) is 1.80. The fraction of sp³-hybridized carbons (Fsp3) is 0.0909. The van der Waals surface area contributed by atoms with E-state index in [1.807, 2.05) is 25.1 Å². The van der Waals surface area contributed by atoms with Crippen LogP contribution >= 0.6 is 15.9 Å². The molecule has 3 aromatic rings. The Morgan fingerprint density at radius 2 is 1.57 bits per heavy atom. The number of benzene rings is 3. The predicted octanol–water partition coefficient (Wildman–Crippen LogP) is 5.15. The van der Waals surface area contributed by atoms with Gasteiger partial charge in [0.2, 0.25) is 0 Å². The van der Waals surface area contributed by atoms with Crippen LogP contribution < -0.4 is 10.1 Å². The van der Waals surface area contributed by atoms with Crippen LogP contribution in [0.4, 0.5) is 10.1 Å². The zero-order valence-corrected chi connectivity index (χ0v) is 16.6. The number of nitrogens with one attached hydrogen (secondary N) is 1. The smallest absolute Gasteiger partial charge is 0.262 e. The summed E-state index contributed by atoms with van der Waals surface area (Å²) in [6, 6.07) is 17.4. The number of rotatable bonds is 6. The molecule has 0 atom stereocenters. The van der Waals surface area contributed by atoms with E-state index in [1.165, 1.54) is 24.3 Å². The fourth-order valence-corrected chi connectivity index (χ4v) is 3.12. The molecular formula is C22H17BrFNO3. The molecule has 4 nitrogen and oxygen atoms in total. The lowest BCUT2D eigenvalue weighted by Gasteiger charge is -2.10. The topological polar surface area (TPSA) is 55.4 Å². The number of hydrogen-bond acceptors (Lipinski definition) is 3. The standard InChI is InChI=1S/C22H17BrFNO3/c1-14-2-11-20(19(23)12-14)25-21(26)13-28-18-9-5-16(6-10-18)22(27)15-3-7-17(24)8-4-15/h2-12H,13H2,1H3,(H,25,26). The van der Waals surface area contributed by atoms with E-state index in [0.717, 1.165) is 10.0 Å². The van der Waals surface area contributed by atoms with E-state index >= 15 is 0 Å². The lowest BCUT2D eigenvalue weighted by Crippen LogP contribution is -2.20. The third-order valence-electron chi connectivity index (χ3n) is 3.99. The third kappa shape index (κ3) is 5.04. The van der Waals surface area contributed by atoms with Gasteiger partial charge in [-0.2, -0.15) is 0 Å². The number of amides is 1. The van der Waals surface area contributed by atoms with E-state index in [-0.39, 0.29) is 18.3 Å². The summed E-state index contributed by atoms with van der Waals surface area (Å²) in [5.74, 6) is -0.436. The van der Waals surface area contributed by atoms with Crippen molar-refractivity contribution in [1.29, 1.82) is 0 Å². The van der Waals surface area contributed by atoms with E-state index in [4.69, 9.17) is 4.74 Å². The van der Waals surface area contributed by atoms with Crippen molar-refractivity contribution >= 4 is 33.3 Å². The van der Waals surface area contributed by atoms with Crippen LogP contribution in [0.3, 0.4) is 0 Å². The highest BCUT2D eigenvalue weighted by Gasteiger charge is 2.10. The molecule has 0 heterocycles. The fourth-order valence-electron chi connectivity index (χ4n) is 2.53. The largest absolute Gasteiger partial charge is 0.484 e. The summed E-state index contributed by atoms with van der Waals surface area (Å²) >= 11 is 3.41. The van der Waals surface area contributed by atoms with Gasteiger partial charge in [-0.25, -0.2) is 4.39 Å². The van der Waals surface area contributed by atoms with Crippen molar-refractivity contribution in [1.82, 2.24) is 0 Å². The van der Waals surface area contributed by atoms with Gasteiger partial charge in [0, 0.05) is 15.6 Å². The molecule has 28 heavy (non-hydrogen) atoms. The first-order valence-corrected chi connectivity index (χ1v) is 9.31. The highest BCUT2D eigenvalue weighted by molar-refractivity contribution is 9.10. The molecule has 142 valence electrons. The first-order valence-electron chi connectivity index (χ1n) is 8.51. The van der Waals surface area contributed by atoms with E-state index in [0.29, 0.717) is 22.6 Å². The van der Waals surface area contributed by atoms with E-state index in [9.17, 15) is 14.0 Å². The van der Waals surface area contributed by atoms with Crippen LogP contribution in [0.1, 0.15) is 21.5 Å². The quantitative estimate of drug-likeness (QED) is 0.538. The molecule has 1 N–H and O–H groups in total. The Balaban J connectivity index is 1.57. The lowest BCUT2D eigenvalue weighted by molar-refractivity contribution is -0.118. The van der Waals surface area contributed by atoms with Gasteiger partial charge in [0.25, 0.3) is 5.91 Å². The molecule has 6 heteroatoms. The van der Waals surface area contributed by atoms with Crippen LogP contribution in [-0.2, 0) is 4.79 Å². The SMILES string of the molecule is Cc1ccc(NC(=O)COc2ccc(C(=O)c3ccc(F)cc3)cc2)c(Br)c1. The molecule has 3 rings (SSSR count). The maximum Gasteiger partial charge on any atom is 0.262 e. The summed E-state index contributed by atoms with van der Waals surface area (Å²) in [5, 5.41) is 2.77. The highest BCUT2D eigenvalue weighted by Crippen LogP contribution is 2.23. The number of carbonyl (C=O) groups is 2. The molecule has 0 saturated heterocycles. The Kier molecular flexibility index (Phi) is 6.21. The minimum absolute atomic E-state index is 0.161. The number of halogens is 2.